The molecule has 0 aromatic rings. The zero-order chi connectivity index (χ0) is 16.5. The van der Waals surface area contributed by atoms with Crippen molar-refractivity contribution >= 4 is 5.96 Å². The van der Waals surface area contributed by atoms with E-state index in [-0.39, 0.29) is 0 Å². The van der Waals surface area contributed by atoms with Crippen LogP contribution in [0, 0.1) is 5.92 Å². The highest BCUT2D eigenvalue weighted by molar-refractivity contribution is 5.79. The topological polar surface area (TPSA) is 40.1 Å². The Morgan fingerprint density at radius 3 is 2.48 bits per heavy atom. The fraction of sp³-hybridized carbons (Fsp3) is 0.944. The molecule has 0 bridgehead atoms. The van der Waals surface area contributed by atoms with E-state index in [1.54, 1.807) is 0 Å². The Labute approximate surface area is 142 Å². The summed E-state index contributed by atoms with van der Waals surface area (Å²) in [6.45, 7) is 12.1. The van der Waals surface area contributed by atoms with Crippen molar-refractivity contribution in [2.75, 3.05) is 52.9 Å². The lowest BCUT2D eigenvalue weighted by Crippen LogP contribution is -2.48. The minimum atomic E-state index is 0.437. The SMILES string of the molecule is CCOC1CCN(C(=NC)NCC(C)CN2CCCCC2)CC1. The second-order valence-electron chi connectivity index (χ2n) is 7.04. The molecular formula is C18H36N4O. The molecule has 5 nitrogen and oxygen atoms in total. The van der Waals surface area contributed by atoms with Crippen LogP contribution in [0.5, 0.6) is 0 Å². The quantitative estimate of drug-likeness (QED) is 0.600. The number of piperidine rings is 2. The first-order valence-corrected chi connectivity index (χ1v) is 9.52. The third-order valence-corrected chi connectivity index (χ3v) is 4.98. The number of nitrogens with one attached hydrogen (secondary N) is 1. The number of hydrogen-bond acceptors (Lipinski definition) is 3. The lowest BCUT2D eigenvalue weighted by Gasteiger charge is -2.35. The van der Waals surface area contributed by atoms with Gasteiger partial charge in [-0.25, -0.2) is 0 Å². The Morgan fingerprint density at radius 2 is 1.87 bits per heavy atom. The molecule has 0 saturated carbocycles. The van der Waals surface area contributed by atoms with E-state index in [0.717, 1.165) is 45.0 Å². The number of hydrogen-bond donors (Lipinski definition) is 1. The second-order valence-corrected chi connectivity index (χ2v) is 7.04. The normalized spacial score (nSPS) is 23.1. The van der Waals surface area contributed by atoms with Crippen LogP contribution in [-0.2, 0) is 4.74 Å². The Bertz CT molecular complexity index is 347. The Balaban J connectivity index is 1.68. The van der Waals surface area contributed by atoms with Crippen molar-refractivity contribution in [3.05, 3.63) is 0 Å². The molecular weight excluding hydrogens is 288 g/mol. The van der Waals surface area contributed by atoms with E-state index in [0.29, 0.717) is 12.0 Å². The van der Waals surface area contributed by atoms with Crippen molar-refractivity contribution in [1.82, 2.24) is 15.1 Å². The molecule has 0 radical (unpaired) electrons. The van der Waals surface area contributed by atoms with Gasteiger partial charge in [0.1, 0.15) is 0 Å². The molecule has 1 N–H and O–H groups in total. The van der Waals surface area contributed by atoms with E-state index < -0.39 is 0 Å². The fourth-order valence-electron chi connectivity index (χ4n) is 3.72. The standard InChI is InChI=1S/C18H36N4O/c1-4-23-17-8-12-22(13-9-17)18(19-3)20-14-16(2)15-21-10-6-5-7-11-21/h16-17H,4-15H2,1-3H3,(H,19,20). The highest BCUT2D eigenvalue weighted by atomic mass is 16.5. The summed E-state index contributed by atoms with van der Waals surface area (Å²) in [5.41, 5.74) is 0. The summed E-state index contributed by atoms with van der Waals surface area (Å²) in [6.07, 6.45) is 6.81. The van der Waals surface area contributed by atoms with Crippen LogP contribution in [0.15, 0.2) is 4.99 Å². The summed E-state index contributed by atoms with van der Waals surface area (Å²) < 4.78 is 5.73. The Hall–Kier alpha value is -0.810. The molecule has 23 heavy (non-hydrogen) atoms. The summed E-state index contributed by atoms with van der Waals surface area (Å²) in [5.74, 6) is 1.72. The third-order valence-electron chi connectivity index (χ3n) is 4.98. The van der Waals surface area contributed by atoms with E-state index in [1.165, 1.54) is 38.9 Å². The summed E-state index contributed by atoms with van der Waals surface area (Å²) in [6, 6.07) is 0. The van der Waals surface area contributed by atoms with Crippen molar-refractivity contribution in [3.8, 4) is 0 Å². The van der Waals surface area contributed by atoms with Crippen molar-refractivity contribution in [1.29, 1.82) is 0 Å². The lowest BCUT2D eigenvalue weighted by atomic mass is 10.1. The molecule has 134 valence electrons. The third kappa shape index (κ3) is 6.30. The molecule has 2 heterocycles. The minimum Gasteiger partial charge on any atom is -0.378 e. The Morgan fingerprint density at radius 1 is 1.17 bits per heavy atom. The number of nitrogens with zero attached hydrogens (tertiary/aromatic N) is 3. The van der Waals surface area contributed by atoms with Gasteiger partial charge in [-0.3, -0.25) is 4.99 Å². The molecule has 0 spiro atoms. The first-order chi connectivity index (χ1) is 11.2. The smallest absolute Gasteiger partial charge is 0.193 e. The minimum absolute atomic E-state index is 0.437. The predicted octanol–water partition coefficient (Wildman–Crippen LogP) is 2.18. The van der Waals surface area contributed by atoms with Gasteiger partial charge in [-0.15, -0.1) is 0 Å². The number of aliphatic imine (C=N–C) groups is 1. The summed E-state index contributed by atoms with van der Waals surface area (Å²) in [5, 5.41) is 3.58. The van der Waals surface area contributed by atoms with E-state index in [1.807, 2.05) is 7.05 Å². The van der Waals surface area contributed by atoms with E-state index >= 15 is 0 Å². The second kappa shape index (κ2) is 10.1. The first-order valence-electron chi connectivity index (χ1n) is 9.52. The lowest BCUT2D eigenvalue weighted by molar-refractivity contribution is 0.0263. The zero-order valence-electron chi connectivity index (χ0n) is 15.4. The molecule has 0 amide bonds. The summed E-state index contributed by atoms with van der Waals surface area (Å²) >= 11 is 0. The first kappa shape index (κ1) is 18.5. The molecule has 0 aliphatic carbocycles. The van der Waals surface area contributed by atoms with Gasteiger partial charge < -0.3 is 19.9 Å². The maximum absolute atomic E-state index is 5.73. The van der Waals surface area contributed by atoms with Gasteiger partial charge in [0.25, 0.3) is 0 Å². The van der Waals surface area contributed by atoms with Crippen LogP contribution in [0.4, 0.5) is 0 Å². The molecule has 0 aromatic carbocycles. The van der Waals surface area contributed by atoms with Gasteiger partial charge in [-0.1, -0.05) is 13.3 Å². The van der Waals surface area contributed by atoms with Gasteiger partial charge in [0.05, 0.1) is 6.10 Å². The average molecular weight is 325 g/mol. The number of guanidine groups is 1. The van der Waals surface area contributed by atoms with E-state index in [9.17, 15) is 0 Å². The van der Waals surface area contributed by atoms with Crippen molar-refractivity contribution in [2.45, 2.75) is 52.1 Å². The van der Waals surface area contributed by atoms with E-state index in [2.05, 4.69) is 34.0 Å². The summed E-state index contributed by atoms with van der Waals surface area (Å²) in [7, 11) is 1.90. The molecule has 1 unspecified atom stereocenters. The molecule has 2 saturated heterocycles. The van der Waals surface area contributed by atoms with Crippen molar-refractivity contribution in [3.63, 3.8) is 0 Å². The zero-order valence-corrected chi connectivity index (χ0v) is 15.4. The molecule has 1 atom stereocenters. The molecule has 2 fully saturated rings. The number of ether oxygens (including phenoxy) is 1. The van der Waals surface area contributed by atoms with Gasteiger partial charge in [-0.05, 0) is 51.6 Å². The van der Waals surface area contributed by atoms with Gasteiger partial charge in [0.2, 0.25) is 0 Å². The van der Waals surface area contributed by atoms with Crippen LogP contribution in [0.25, 0.3) is 0 Å². The fourth-order valence-corrected chi connectivity index (χ4v) is 3.72. The maximum Gasteiger partial charge on any atom is 0.193 e. The molecule has 2 aliphatic rings. The largest absolute Gasteiger partial charge is 0.378 e. The summed E-state index contributed by atoms with van der Waals surface area (Å²) in [4.78, 5) is 9.47. The average Bonchev–Trinajstić information content (AvgIpc) is 2.58. The van der Waals surface area contributed by atoms with Gasteiger partial charge in [0, 0.05) is 39.8 Å². The maximum atomic E-state index is 5.73. The molecule has 2 rings (SSSR count). The highest BCUT2D eigenvalue weighted by Crippen LogP contribution is 2.14. The van der Waals surface area contributed by atoms with Crippen LogP contribution in [-0.4, -0.2) is 74.8 Å². The molecule has 2 aliphatic heterocycles. The molecule has 5 heteroatoms. The van der Waals surface area contributed by atoms with E-state index in [4.69, 9.17) is 4.74 Å². The van der Waals surface area contributed by atoms with Crippen molar-refractivity contribution in [2.24, 2.45) is 10.9 Å². The predicted molar refractivity (Wildman–Crippen MR) is 97.0 cm³/mol. The Kier molecular flexibility index (Phi) is 8.17. The van der Waals surface area contributed by atoms with Gasteiger partial charge in [0.15, 0.2) is 5.96 Å². The van der Waals surface area contributed by atoms with Crippen LogP contribution >= 0.6 is 0 Å². The number of likely N-dealkylation sites (tertiary alicyclic amines) is 2. The van der Waals surface area contributed by atoms with Gasteiger partial charge in [-0.2, -0.15) is 0 Å². The monoisotopic (exact) mass is 324 g/mol. The van der Waals surface area contributed by atoms with Crippen LogP contribution in [0.2, 0.25) is 0 Å². The number of rotatable bonds is 6. The highest BCUT2D eigenvalue weighted by Gasteiger charge is 2.22. The van der Waals surface area contributed by atoms with Gasteiger partial charge >= 0.3 is 0 Å². The molecule has 0 aromatic heterocycles. The van der Waals surface area contributed by atoms with Crippen LogP contribution in [0.3, 0.4) is 0 Å². The van der Waals surface area contributed by atoms with Crippen LogP contribution < -0.4 is 5.32 Å². The van der Waals surface area contributed by atoms with Crippen LogP contribution in [0.1, 0.15) is 46.0 Å². The van der Waals surface area contributed by atoms with Crippen molar-refractivity contribution < 1.29 is 4.74 Å².